The summed E-state index contributed by atoms with van der Waals surface area (Å²) in [7, 11) is 1.63. The molecule has 2 N–H and O–H groups in total. The summed E-state index contributed by atoms with van der Waals surface area (Å²) in [4.78, 5) is 33.8. The van der Waals surface area contributed by atoms with Crippen molar-refractivity contribution in [3.8, 4) is 17.1 Å². The van der Waals surface area contributed by atoms with Crippen LogP contribution < -0.4 is 20.3 Å². The second-order valence-corrected chi connectivity index (χ2v) is 11.4. The smallest absolute Gasteiger partial charge is 0.310 e. The number of imidazole rings is 1. The van der Waals surface area contributed by atoms with Gasteiger partial charge in [-0.2, -0.15) is 0 Å². The molecule has 42 heavy (non-hydrogen) atoms. The van der Waals surface area contributed by atoms with Gasteiger partial charge in [0.1, 0.15) is 17.6 Å². The molecule has 1 amide bonds. The molecule has 1 aromatic heterocycles. The fourth-order valence-corrected chi connectivity index (χ4v) is 6.20. The summed E-state index contributed by atoms with van der Waals surface area (Å²) in [5.74, 6) is 1.08. The standard InChI is InChI=1S/C33H35N5O4/c1-3-42-33(40)21-5-4-16-37(19-21)24-11-15-29-28(18-24)35-31-26-17-23(34-22-8-9-22)10-14-27(26)36-32(39)30(38(29)31)20-6-12-25(41-2)13-7-20/h6-7,10-15,17-18,21-22,30,34H,3-5,8-9,16,19H2,1-2H3,(H,36,39). The Bertz CT molecular complexity index is 1660. The molecule has 7 rings (SSSR count). The average Bonchev–Trinajstić information content (AvgIpc) is 3.78. The molecule has 0 radical (unpaired) electrons. The number of benzene rings is 3. The molecular formula is C33H35N5O4. The van der Waals surface area contributed by atoms with Crippen LogP contribution in [0.4, 0.5) is 17.1 Å². The van der Waals surface area contributed by atoms with Crippen LogP contribution in [0, 0.1) is 5.92 Å². The molecule has 2 unspecified atom stereocenters. The Hall–Kier alpha value is -4.53. The number of rotatable bonds is 7. The van der Waals surface area contributed by atoms with Crippen molar-refractivity contribution in [2.24, 2.45) is 5.92 Å². The van der Waals surface area contributed by atoms with E-state index in [9.17, 15) is 9.59 Å². The van der Waals surface area contributed by atoms with Crippen molar-refractivity contribution < 1.29 is 19.1 Å². The zero-order valence-corrected chi connectivity index (χ0v) is 23.9. The number of carbonyl (C=O) groups is 2. The first-order chi connectivity index (χ1) is 20.5. The average molecular weight is 566 g/mol. The molecule has 9 heteroatoms. The lowest BCUT2D eigenvalue weighted by Gasteiger charge is -2.33. The lowest BCUT2D eigenvalue weighted by Crippen LogP contribution is -2.39. The minimum Gasteiger partial charge on any atom is -0.497 e. The third-order valence-corrected chi connectivity index (χ3v) is 8.48. The number of esters is 1. The highest BCUT2D eigenvalue weighted by molar-refractivity contribution is 6.03. The molecule has 4 aromatic rings. The Morgan fingerprint density at radius 2 is 1.90 bits per heavy atom. The number of hydrogen-bond acceptors (Lipinski definition) is 7. The monoisotopic (exact) mass is 565 g/mol. The molecule has 0 spiro atoms. The number of fused-ring (bicyclic) bond motifs is 5. The number of amides is 1. The molecule has 1 aliphatic carbocycles. The zero-order valence-electron chi connectivity index (χ0n) is 23.9. The molecule has 3 aliphatic rings. The minimum atomic E-state index is -0.628. The largest absolute Gasteiger partial charge is 0.497 e. The Labute approximate surface area is 244 Å². The highest BCUT2D eigenvalue weighted by Gasteiger charge is 2.34. The molecule has 3 aromatic carbocycles. The Morgan fingerprint density at radius 3 is 2.67 bits per heavy atom. The van der Waals surface area contributed by atoms with E-state index in [1.807, 2.05) is 43.3 Å². The summed E-state index contributed by atoms with van der Waals surface area (Å²) in [6.07, 6.45) is 4.10. The van der Waals surface area contributed by atoms with E-state index in [2.05, 4.69) is 44.4 Å². The van der Waals surface area contributed by atoms with Gasteiger partial charge in [-0.05, 0) is 86.7 Å². The Morgan fingerprint density at radius 1 is 1.07 bits per heavy atom. The highest BCUT2D eigenvalue weighted by atomic mass is 16.5. The SMILES string of the molecule is CCOC(=O)C1CCCN(c2ccc3c(c2)nc2n3C(c3ccc(OC)cc3)C(=O)Nc3ccc(NC4CC4)cc3-2)C1. The number of aromatic nitrogens is 2. The van der Waals surface area contributed by atoms with E-state index in [1.54, 1.807) is 7.11 Å². The maximum absolute atomic E-state index is 13.9. The van der Waals surface area contributed by atoms with Crippen LogP contribution in [-0.2, 0) is 14.3 Å². The van der Waals surface area contributed by atoms with Crippen LogP contribution in [-0.4, -0.2) is 54.3 Å². The molecule has 216 valence electrons. The maximum atomic E-state index is 13.9. The molecule has 1 saturated heterocycles. The Kier molecular flexibility index (Phi) is 6.72. The molecule has 3 heterocycles. The number of piperidine rings is 1. The van der Waals surface area contributed by atoms with Crippen molar-refractivity contribution in [3.05, 3.63) is 66.2 Å². The molecule has 0 bridgehead atoms. The summed E-state index contributed by atoms with van der Waals surface area (Å²) in [6, 6.07) is 19.8. The zero-order chi connectivity index (χ0) is 28.8. The van der Waals surface area contributed by atoms with Gasteiger partial charge in [-0.3, -0.25) is 9.59 Å². The van der Waals surface area contributed by atoms with E-state index in [-0.39, 0.29) is 17.8 Å². The maximum Gasteiger partial charge on any atom is 0.310 e. The van der Waals surface area contributed by atoms with Gasteiger partial charge in [-0.1, -0.05) is 12.1 Å². The van der Waals surface area contributed by atoms with Gasteiger partial charge in [0, 0.05) is 36.1 Å². The van der Waals surface area contributed by atoms with Crippen molar-refractivity contribution in [3.63, 3.8) is 0 Å². The van der Waals surface area contributed by atoms with Crippen molar-refractivity contribution in [1.82, 2.24) is 9.55 Å². The molecular weight excluding hydrogens is 530 g/mol. The van der Waals surface area contributed by atoms with Gasteiger partial charge < -0.3 is 29.6 Å². The van der Waals surface area contributed by atoms with Crippen LogP contribution in [0.25, 0.3) is 22.4 Å². The number of methoxy groups -OCH3 is 1. The third kappa shape index (κ3) is 4.82. The topological polar surface area (TPSA) is 97.7 Å². The van der Waals surface area contributed by atoms with Gasteiger partial charge >= 0.3 is 5.97 Å². The normalized spacial score (nSPS) is 19.9. The van der Waals surface area contributed by atoms with Gasteiger partial charge in [0.05, 0.1) is 36.4 Å². The molecule has 2 atom stereocenters. The molecule has 2 fully saturated rings. The number of carbonyl (C=O) groups excluding carboxylic acids is 2. The first kappa shape index (κ1) is 26.4. The highest BCUT2D eigenvalue weighted by Crippen LogP contribution is 2.41. The molecule has 2 aliphatic heterocycles. The van der Waals surface area contributed by atoms with E-state index in [1.165, 1.54) is 12.8 Å². The summed E-state index contributed by atoms with van der Waals surface area (Å²) < 4.78 is 12.8. The van der Waals surface area contributed by atoms with Crippen LogP contribution in [0.3, 0.4) is 0 Å². The summed E-state index contributed by atoms with van der Waals surface area (Å²) in [6.45, 7) is 3.72. The van der Waals surface area contributed by atoms with E-state index in [0.717, 1.165) is 70.2 Å². The van der Waals surface area contributed by atoms with Gasteiger partial charge in [0.2, 0.25) is 0 Å². The van der Waals surface area contributed by atoms with Crippen molar-refractivity contribution in [2.75, 3.05) is 42.3 Å². The van der Waals surface area contributed by atoms with E-state index >= 15 is 0 Å². The number of hydrogen-bond donors (Lipinski definition) is 2. The molecule has 9 nitrogen and oxygen atoms in total. The van der Waals surface area contributed by atoms with Crippen LogP contribution in [0.15, 0.2) is 60.7 Å². The van der Waals surface area contributed by atoms with Crippen LogP contribution >= 0.6 is 0 Å². The quantitative estimate of drug-likeness (QED) is 0.281. The third-order valence-electron chi connectivity index (χ3n) is 8.48. The second kappa shape index (κ2) is 10.7. The second-order valence-electron chi connectivity index (χ2n) is 11.4. The van der Waals surface area contributed by atoms with E-state index < -0.39 is 6.04 Å². The van der Waals surface area contributed by atoms with Gasteiger partial charge in [0.25, 0.3) is 5.91 Å². The van der Waals surface area contributed by atoms with E-state index in [0.29, 0.717) is 19.2 Å². The van der Waals surface area contributed by atoms with Crippen LogP contribution in [0.2, 0.25) is 0 Å². The predicted octanol–water partition coefficient (Wildman–Crippen LogP) is 5.61. The van der Waals surface area contributed by atoms with Crippen molar-refractivity contribution >= 4 is 40.0 Å². The predicted molar refractivity (Wildman–Crippen MR) is 163 cm³/mol. The fourth-order valence-electron chi connectivity index (χ4n) is 6.20. The van der Waals surface area contributed by atoms with Crippen molar-refractivity contribution in [2.45, 2.75) is 44.7 Å². The summed E-state index contributed by atoms with van der Waals surface area (Å²) in [5, 5.41) is 6.76. The number of nitrogens with one attached hydrogen (secondary N) is 2. The number of anilines is 3. The fraction of sp³-hybridized carbons (Fsp3) is 0.364. The summed E-state index contributed by atoms with van der Waals surface area (Å²) >= 11 is 0. The number of nitrogens with zero attached hydrogens (tertiary/aromatic N) is 3. The van der Waals surface area contributed by atoms with Crippen molar-refractivity contribution in [1.29, 1.82) is 0 Å². The summed E-state index contributed by atoms with van der Waals surface area (Å²) in [5.41, 5.74) is 6.17. The first-order valence-corrected chi connectivity index (χ1v) is 14.8. The van der Waals surface area contributed by atoms with Gasteiger partial charge in [-0.15, -0.1) is 0 Å². The van der Waals surface area contributed by atoms with E-state index in [4.69, 9.17) is 14.5 Å². The van der Waals surface area contributed by atoms with Gasteiger partial charge in [-0.25, -0.2) is 4.98 Å². The van der Waals surface area contributed by atoms with Gasteiger partial charge in [0.15, 0.2) is 0 Å². The van der Waals surface area contributed by atoms with Crippen LogP contribution in [0.1, 0.15) is 44.2 Å². The Balaban J connectivity index is 1.34. The number of ether oxygens (including phenoxy) is 2. The first-order valence-electron chi connectivity index (χ1n) is 14.8. The lowest BCUT2D eigenvalue weighted by molar-refractivity contribution is -0.148. The van der Waals surface area contributed by atoms with Crippen LogP contribution in [0.5, 0.6) is 5.75 Å². The minimum absolute atomic E-state index is 0.125. The molecule has 1 saturated carbocycles. The lowest BCUT2D eigenvalue weighted by atomic mass is 9.97.